The molecule has 0 aromatic heterocycles. The van der Waals surface area contributed by atoms with Crippen LogP contribution in [-0.4, -0.2) is 25.4 Å². The standard InChI is InChI=1S/C12H24O2/c1-9(2)7-13-11-5-6-12(11)14-8-10(3)4/h9-12H,5-8H2,1-4H3/t11-,12-/m1/s1. The summed E-state index contributed by atoms with van der Waals surface area (Å²) < 4.78 is 11.5. The third-order valence-corrected chi connectivity index (χ3v) is 2.44. The molecule has 0 spiro atoms. The lowest BCUT2D eigenvalue weighted by Gasteiger charge is -2.36. The van der Waals surface area contributed by atoms with E-state index in [9.17, 15) is 0 Å². The van der Waals surface area contributed by atoms with Gasteiger partial charge in [-0.1, -0.05) is 27.7 Å². The van der Waals surface area contributed by atoms with E-state index in [2.05, 4.69) is 27.7 Å². The molecule has 0 aliphatic heterocycles. The normalized spacial score (nSPS) is 27.0. The Morgan fingerprint density at radius 1 is 0.857 bits per heavy atom. The summed E-state index contributed by atoms with van der Waals surface area (Å²) in [5.74, 6) is 1.25. The van der Waals surface area contributed by atoms with Crippen LogP contribution in [-0.2, 0) is 9.47 Å². The summed E-state index contributed by atoms with van der Waals surface area (Å²) in [5.41, 5.74) is 0. The fourth-order valence-electron chi connectivity index (χ4n) is 1.45. The molecule has 1 aliphatic rings. The minimum atomic E-state index is 0.371. The molecule has 1 rings (SSSR count). The third kappa shape index (κ3) is 3.97. The fourth-order valence-corrected chi connectivity index (χ4v) is 1.45. The molecule has 1 fully saturated rings. The summed E-state index contributed by atoms with van der Waals surface area (Å²) in [5, 5.41) is 0. The van der Waals surface area contributed by atoms with Gasteiger partial charge in [0.1, 0.15) is 0 Å². The highest BCUT2D eigenvalue weighted by Gasteiger charge is 2.32. The highest BCUT2D eigenvalue weighted by atomic mass is 16.5. The summed E-state index contributed by atoms with van der Waals surface area (Å²) in [7, 11) is 0. The first-order valence-electron chi connectivity index (χ1n) is 5.82. The summed E-state index contributed by atoms with van der Waals surface area (Å²) in [6, 6.07) is 0. The van der Waals surface area contributed by atoms with Crippen molar-refractivity contribution in [2.24, 2.45) is 11.8 Å². The van der Waals surface area contributed by atoms with Gasteiger partial charge >= 0.3 is 0 Å². The predicted molar refractivity (Wildman–Crippen MR) is 58.4 cm³/mol. The van der Waals surface area contributed by atoms with Crippen LogP contribution in [0.3, 0.4) is 0 Å². The second-order valence-electron chi connectivity index (χ2n) is 5.11. The van der Waals surface area contributed by atoms with Crippen LogP contribution in [0.2, 0.25) is 0 Å². The van der Waals surface area contributed by atoms with Crippen LogP contribution >= 0.6 is 0 Å². The molecule has 0 saturated heterocycles. The van der Waals surface area contributed by atoms with Gasteiger partial charge in [-0.25, -0.2) is 0 Å². The Morgan fingerprint density at radius 2 is 1.21 bits per heavy atom. The fraction of sp³-hybridized carbons (Fsp3) is 1.00. The molecule has 0 aromatic carbocycles. The quantitative estimate of drug-likeness (QED) is 0.656. The van der Waals surface area contributed by atoms with Gasteiger partial charge in [0, 0.05) is 13.2 Å². The lowest BCUT2D eigenvalue weighted by atomic mass is 9.91. The summed E-state index contributed by atoms with van der Waals surface area (Å²) in [6.07, 6.45) is 3.10. The van der Waals surface area contributed by atoms with Crippen molar-refractivity contribution in [2.45, 2.75) is 52.7 Å². The SMILES string of the molecule is CC(C)CO[C@@H]1CC[C@H]1OCC(C)C. The zero-order valence-corrected chi connectivity index (χ0v) is 9.95. The van der Waals surface area contributed by atoms with Crippen molar-refractivity contribution >= 4 is 0 Å². The van der Waals surface area contributed by atoms with Crippen molar-refractivity contribution < 1.29 is 9.47 Å². The van der Waals surface area contributed by atoms with Gasteiger partial charge in [0.25, 0.3) is 0 Å². The van der Waals surface area contributed by atoms with E-state index in [-0.39, 0.29) is 0 Å². The first-order chi connectivity index (χ1) is 6.59. The Balaban J connectivity index is 2.09. The molecule has 0 amide bonds. The third-order valence-electron chi connectivity index (χ3n) is 2.44. The predicted octanol–water partition coefficient (Wildman–Crippen LogP) is 2.86. The van der Waals surface area contributed by atoms with Crippen LogP contribution in [0.15, 0.2) is 0 Å². The van der Waals surface area contributed by atoms with Gasteiger partial charge in [-0.05, 0) is 24.7 Å². The summed E-state index contributed by atoms with van der Waals surface area (Å²) in [4.78, 5) is 0. The van der Waals surface area contributed by atoms with Gasteiger partial charge in [-0.2, -0.15) is 0 Å². The molecule has 14 heavy (non-hydrogen) atoms. The van der Waals surface area contributed by atoms with E-state index in [0.717, 1.165) is 13.2 Å². The van der Waals surface area contributed by atoms with E-state index in [1.165, 1.54) is 12.8 Å². The van der Waals surface area contributed by atoms with E-state index in [0.29, 0.717) is 24.0 Å². The summed E-state index contributed by atoms with van der Waals surface area (Å²) >= 11 is 0. The van der Waals surface area contributed by atoms with Crippen molar-refractivity contribution in [1.29, 1.82) is 0 Å². The molecular weight excluding hydrogens is 176 g/mol. The first kappa shape index (κ1) is 12.0. The largest absolute Gasteiger partial charge is 0.375 e. The monoisotopic (exact) mass is 200 g/mol. The number of hydrogen-bond donors (Lipinski definition) is 0. The molecule has 0 aromatic rings. The molecule has 1 aliphatic carbocycles. The average Bonchev–Trinajstić information content (AvgIpc) is 2.01. The number of ether oxygens (including phenoxy) is 2. The van der Waals surface area contributed by atoms with E-state index >= 15 is 0 Å². The van der Waals surface area contributed by atoms with Gasteiger partial charge in [-0.15, -0.1) is 0 Å². The van der Waals surface area contributed by atoms with Crippen LogP contribution in [0.5, 0.6) is 0 Å². The van der Waals surface area contributed by atoms with E-state index in [1.54, 1.807) is 0 Å². The Hall–Kier alpha value is -0.0800. The Labute approximate surface area is 88.0 Å². The second kappa shape index (κ2) is 5.72. The maximum absolute atomic E-state index is 5.76. The Morgan fingerprint density at radius 3 is 1.43 bits per heavy atom. The van der Waals surface area contributed by atoms with Crippen molar-refractivity contribution in [3.8, 4) is 0 Å². The van der Waals surface area contributed by atoms with Gasteiger partial charge in [0.2, 0.25) is 0 Å². The molecular formula is C12H24O2. The molecule has 0 radical (unpaired) electrons. The molecule has 2 heteroatoms. The molecule has 1 saturated carbocycles. The highest BCUT2D eigenvalue weighted by molar-refractivity contribution is 4.82. The maximum Gasteiger partial charge on any atom is 0.0837 e. The Kier molecular flexibility index (Phi) is 4.90. The van der Waals surface area contributed by atoms with Gasteiger partial charge in [0.05, 0.1) is 12.2 Å². The maximum atomic E-state index is 5.76. The van der Waals surface area contributed by atoms with Gasteiger partial charge in [-0.3, -0.25) is 0 Å². The van der Waals surface area contributed by atoms with E-state index in [1.807, 2.05) is 0 Å². The van der Waals surface area contributed by atoms with E-state index < -0.39 is 0 Å². The van der Waals surface area contributed by atoms with Crippen LogP contribution in [0, 0.1) is 11.8 Å². The van der Waals surface area contributed by atoms with Crippen LogP contribution < -0.4 is 0 Å². The van der Waals surface area contributed by atoms with Crippen molar-refractivity contribution in [2.75, 3.05) is 13.2 Å². The van der Waals surface area contributed by atoms with Gasteiger partial charge in [0.15, 0.2) is 0 Å². The average molecular weight is 200 g/mol. The van der Waals surface area contributed by atoms with Gasteiger partial charge < -0.3 is 9.47 Å². The Bertz CT molecular complexity index is 136. The molecule has 2 atom stereocenters. The minimum absolute atomic E-state index is 0.371. The molecule has 0 N–H and O–H groups in total. The zero-order valence-electron chi connectivity index (χ0n) is 9.95. The number of hydrogen-bond acceptors (Lipinski definition) is 2. The second-order valence-corrected chi connectivity index (χ2v) is 5.11. The highest BCUT2D eigenvalue weighted by Crippen LogP contribution is 2.27. The van der Waals surface area contributed by atoms with Crippen LogP contribution in [0.4, 0.5) is 0 Å². The minimum Gasteiger partial charge on any atom is -0.375 e. The number of rotatable bonds is 6. The molecule has 0 bridgehead atoms. The lowest BCUT2D eigenvalue weighted by Crippen LogP contribution is -2.42. The smallest absolute Gasteiger partial charge is 0.0837 e. The molecule has 84 valence electrons. The molecule has 0 unspecified atom stereocenters. The van der Waals surface area contributed by atoms with Crippen molar-refractivity contribution in [1.82, 2.24) is 0 Å². The van der Waals surface area contributed by atoms with Crippen LogP contribution in [0.25, 0.3) is 0 Å². The molecule has 0 heterocycles. The zero-order chi connectivity index (χ0) is 10.6. The lowest BCUT2D eigenvalue weighted by molar-refractivity contribution is -0.136. The van der Waals surface area contributed by atoms with Crippen molar-refractivity contribution in [3.05, 3.63) is 0 Å². The van der Waals surface area contributed by atoms with Crippen molar-refractivity contribution in [3.63, 3.8) is 0 Å². The summed E-state index contributed by atoms with van der Waals surface area (Å²) in [6.45, 7) is 10.5. The first-order valence-corrected chi connectivity index (χ1v) is 5.82. The molecule has 2 nitrogen and oxygen atoms in total. The van der Waals surface area contributed by atoms with Crippen LogP contribution in [0.1, 0.15) is 40.5 Å². The topological polar surface area (TPSA) is 18.5 Å². The van der Waals surface area contributed by atoms with E-state index in [4.69, 9.17) is 9.47 Å².